The molecule has 0 spiro atoms. The minimum Gasteiger partial charge on any atom is -0.456 e. The average Bonchev–Trinajstić information content (AvgIpc) is 2.51. The minimum atomic E-state index is -4.68. The van der Waals surface area contributed by atoms with Crippen LogP contribution in [0.15, 0.2) is 12.2 Å². The predicted octanol–water partition coefficient (Wildman–Crippen LogP) is 2.93. The third-order valence-electron chi connectivity index (χ3n) is 3.11. The zero-order chi connectivity index (χ0) is 19.3. The number of ether oxygens (including phenoxy) is 3. The van der Waals surface area contributed by atoms with Crippen LogP contribution in [0.3, 0.4) is 0 Å². The first-order valence-corrected chi connectivity index (χ1v) is 10.0. The van der Waals surface area contributed by atoms with E-state index in [2.05, 4.69) is 11.1 Å². The summed E-state index contributed by atoms with van der Waals surface area (Å²) >= 11 is 0. The van der Waals surface area contributed by atoms with E-state index < -0.39 is 32.8 Å². The summed E-state index contributed by atoms with van der Waals surface area (Å²) in [6, 6.07) is 0. The van der Waals surface area contributed by atoms with Crippen molar-refractivity contribution in [2.75, 3.05) is 19.8 Å². The maximum Gasteiger partial charge on any atom is 0.469 e. The third kappa shape index (κ3) is 14.1. The summed E-state index contributed by atoms with van der Waals surface area (Å²) in [7, 11) is -4.68. The van der Waals surface area contributed by atoms with Crippen LogP contribution < -0.4 is 0 Å². The Morgan fingerprint density at radius 1 is 1.12 bits per heavy atom. The molecule has 0 radical (unpaired) electrons. The van der Waals surface area contributed by atoms with Crippen molar-refractivity contribution in [3.63, 3.8) is 0 Å². The highest BCUT2D eigenvalue weighted by molar-refractivity contribution is 7.46. The van der Waals surface area contributed by atoms with E-state index in [9.17, 15) is 9.36 Å². The highest BCUT2D eigenvalue weighted by Crippen LogP contribution is 2.36. The van der Waals surface area contributed by atoms with Gasteiger partial charge < -0.3 is 24.0 Å². The third-order valence-corrected chi connectivity index (χ3v) is 3.59. The molecule has 8 nitrogen and oxygen atoms in total. The van der Waals surface area contributed by atoms with Gasteiger partial charge in [0.1, 0.15) is 6.10 Å². The first kappa shape index (κ1) is 24.2. The summed E-state index contributed by atoms with van der Waals surface area (Å²) in [5.41, 5.74) is 0.177. The maximum atomic E-state index is 11.7. The van der Waals surface area contributed by atoms with Gasteiger partial charge in [0.2, 0.25) is 0 Å². The largest absolute Gasteiger partial charge is 0.469 e. The Labute approximate surface area is 149 Å². The van der Waals surface area contributed by atoms with Gasteiger partial charge in [-0.3, -0.25) is 4.52 Å². The molecule has 9 heteroatoms. The molecule has 0 aromatic heterocycles. The monoisotopic (exact) mass is 382 g/mol. The van der Waals surface area contributed by atoms with Crippen molar-refractivity contribution in [1.82, 2.24) is 0 Å². The molecule has 25 heavy (non-hydrogen) atoms. The molecule has 0 aliphatic carbocycles. The fourth-order valence-electron chi connectivity index (χ4n) is 1.70. The quantitative estimate of drug-likeness (QED) is 0.146. The standard InChI is InChI=1S/C16H31O8P/c1-5-7-9-21-15(22-10-8-6-2)11-14(12-23-25(18,19)20)24-16(17)13(3)4/h14-15H,3,5-12H2,1-2,4H3,(H2,18,19,20). The SMILES string of the molecule is C=C(C)C(=O)OC(COP(=O)(O)O)CC(OCCCC)OCCCC. The van der Waals surface area contributed by atoms with Crippen LogP contribution >= 0.6 is 7.82 Å². The lowest BCUT2D eigenvalue weighted by atomic mass is 10.2. The first-order chi connectivity index (χ1) is 11.7. The van der Waals surface area contributed by atoms with Crippen molar-refractivity contribution in [3.8, 4) is 0 Å². The second kappa shape index (κ2) is 13.4. The Morgan fingerprint density at radius 3 is 2.04 bits per heavy atom. The summed E-state index contributed by atoms with van der Waals surface area (Å²) < 4.78 is 31.9. The molecular formula is C16H31O8P. The van der Waals surface area contributed by atoms with Crippen LogP contribution in [-0.4, -0.2) is 48.0 Å². The van der Waals surface area contributed by atoms with Crippen molar-refractivity contribution in [3.05, 3.63) is 12.2 Å². The van der Waals surface area contributed by atoms with E-state index in [0.29, 0.717) is 13.2 Å². The lowest BCUT2D eigenvalue weighted by molar-refractivity contribution is -0.173. The number of hydrogen-bond acceptors (Lipinski definition) is 6. The van der Waals surface area contributed by atoms with Gasteiger partial charge in [-0.1, -0.05) is 33.3 Å². The average molecular weight is 382 g/mol. The molecule has 0 bridgehead atoms. The van der Waals surface area contributed by atoms with E-state index in [1.54, 1.807) is 0 Å². The van der Waals surface area contributed by atoms with Crippen LogP contribution in [0.1, 0.15) is 52.9 Å². The second-order valence-corrected chi connectivity index (χ2v) is 6.95. The molecule has 0 amide bonds. The lowest BCUT2D eigenvalue weighted by Gasteiger charge is -2.24. The molecule has 2 N–H and O–H groups in total. The van der Waals surface area contributed by atoms with Crippen LogP contribution in [-0.2, 0) is 28.1 Å². The Balaban J connectivity index is 4.82. The number of rotatable bonds is 15. The fourth-order valence-corrected chi connectivity index (χ4v) is 2.06. The lowest BCUT2D eigenvalue weighted by Crippen LogP contribution is -2.31. The highest BCUT2D eigenvalue weighted by Gasteiger charge is 2.25. The van der Waals surface area contributed by atoms with E-state index >= 15 is 0 Å². The van der Waals surface area contributed by atoms with Gasteiger partial charge in [0.25, 0.3) is 0 Å². The molecule has 1 unspecified atom stereocenters. The van der Waals surface area contributed by atoms with Crippen molar-refractivity contribution in [2.24, 2.45) is 0 Å². The normalized spacial score (nSPS) is 13.0. The summed E-state index contributed by atoms with van der Waals surface area (Å²) in [5, 5.41) is 0. The Bertz CT molecular complexity index is 424. The molecule has 0 aliphatic heterocycles. The van der Waals surface area contributed by atoms with E-state index in [1.165, 1.54) is 6.92 Å². The molecule has 0 saturated carbocycles. The summed E-state index contributed by atoms with van der Waals surface area (Å²) in [4.78, 5) is 29.4. The maximum absolute atomic E-state index is 11.7. The van der Waals surface area contributed by atoms with Gasteiger partial charge in [0.05, 0.1) is 6.61 Å². The van der Waals surface area contributed by atoms with Crippen LogP contribution in [0, 0.1) is 0 Å². The van der Waals surface area contributed by atoms with Gasteiger partial charge in [-0.15, -0.1) is 0 Å². The number of phosphoric acid groups is 1. The smallest absolute Gasteiger partial charge is 0.456 e. The van der Waals surface area contributed by atoms with Gasteiger partial charge in [-0.05, 0) is 19.8 Å². The van der Waals surface area contributed by atoms with Crippen molar-refractivity contribution in [1.29, 1.82) is 0 Å². The van der Waals surface area contributed by atoms with Crippen LogP contribution in [0.5, 0.6) is 0 Å². The van der Waals surface area contributed by atoms with Gasteiger partial charge in [-0.25, -0.2) is 9.36 Å². The second-order valence-electron chi connectivity index (χ2n) is 5.71. The number of hydrogen-bond donors (Lipinski definition) is 2. The van der Waals surface area contributed by atoms with Crippen molar-refractivity contribution >= 4 is 13.8 Å². The summed E-state index contributed by atoms with van der Waals surface area (Å²) in [5.74, 6) is -0.667. The topological polar surface area (TPSA) is 112 Å². The number of phosphoric ester groups is 1. The fraction of sp³-hybridized carbons (Fsp3) is 0.812. The number of carbonyl (C=O) groups excluding carboxylic acids is 1. The molecule has 0 heterocycles. The highest BCUT2D eigenvalue weighted by atomic mass is 31.2. The Hall–Kier alpha value is -0.760. The molecule has 148 valence electrons. The van der Waals surface area contributed by atoms with E-state index in [-0.39, 0.29) is 12.0 Å². The van der Waals surface area contributed by atoms with Crippen LogP contribution in [0.4, 0.5) is 0 Å². The van der Waals surface area contributed by atoms with Crippen molar-refractivity contribution in [2.45, 2.75) is 65.3 Å². The molecule has 0 aliphatic rings. The Kier molecular flexibility index (Phi) is 13.0. The zero-order valence-electron chi connectivity index (χ0n) is 15.3. The molecule has 0 saturated heterocycles. The number of unbranched alkanes of at least 4 members (excludes halogenated alkanes) is 2. The van der Waals surface area contributed by atoms with Gasteiger partial charge in [-0.2, -0.15) is 0 Å². The van der Waals surface area contributed by atoms with E-state index in [4.69, 9.17) is 24.0 Å². The van der Waals surface area contributed by atoms with Crippen LogP contribution in [0.2, 0.25) is 0 Å². The number of carbonyl (C=O) groups is 1. The van der Waals surface area contributed by atoms with Gasteiger partial charge in [0, 0.05) is 25.2 Å². The summed E-state index contributed by atoms with van der Waals surface area (Å²) in [6.45, 7) is 9.52. The predicted molar refractivity (Wildman–Crippen MR) is 92.8 cm³/mol. The van der Waals surface area contributed by atoms with Gasteiger partial charge in [0.15, 0.2) is 6.29 Å². The van der Waals surface area contributed by atoms with E-state index in [1.807, 2.05) is 13.8 Å². The summed E-state index contributed by atoms with van der Waals surface area (Å²) in [6.07, 6.45) is 2.14. The zero-order valence-corrected chi connectivity index (χ0v) is 16.2. The van der Waals surface area contributed by atoms with E-state index in [0.717, 1.165) is 25.7 Å². The Morgan fingerprint density at radius 2 is 1.64 bits per heavy atom. The molecule has 0 aromatic rings. The molecule has 1 atom stereocenters. The molecule has 0 fully saturated rings. The van der Waals surface area contributed by atoms with Crippen molar-refractivity contribution < 1.29 is 37.9 Å². The molecular weight excluding hydrogens is 351 g/mol. The number of esters is 1. The van der Waals surface area contributed by atoms with Gasteiger partial charge >= 0.3 is 13.8 Å². The van der Waals surface area contributed by atoms with Crippen LogP contribution in [0.25, 0.3) is 0 Å². The molecule has 0 aromatic carbocycles. The minimum absolute atomic E-state index is 0.104. The molecule has 0 rings (SSSR count). The first-order valence-electron chi connectivity index (χ1n) is 8.49.